The second-order valence-electron chi connectivity index (χ2n) is 5.74. The molecule has 9 heteroatoms. The molecule has 1 aromatic carbocycles. The smallest absolute Gasteiger partial charge is 0.335 e. The molecule has 0 radical (unpaired) electrons. The van der Waals surface area contributed by atoms with Crippen molar-refractivity contribution in [3.8, 4) is 0 Å². The van der Waals surface area contributed by atoms with Crippen LogP contribution in [-0.2, 0) is 21.7 Å². The number of carbonyl (C=O) groups excluding carboxylic acids is 1. The third-order valence-corrected chi connectivity index (χ3v) is 4.16. The molecular weight excluding hydrogens is 358 g/mol. The molecule has 138 valence electrons. The van der Waals surface area contributed by atoms with Crippen LogP contribution in [0.5, 0.6) is 0 Å². The van der Waals surface area contributed by atoms with Crippen molar-refractivity contribution in [3.05, 3.63) is 51.4 Å². The van der Waals surface area contributed by atoms with E-state index in [4.69, 9.17) is 9.84 Å². The Hall–Kier alpha value is -2.68. The van der Waals surface area contributed by atoms with Gasteiger partial charge in [-0.15, -0.1) is 10.2 Å². The van der Waals surface area contributed by atoms with Gasteiger partial charge < -0.3 is 9.84 Å². The van der Waals surface area contributed by atoms with Gasteiger partial charge >= 0.3 is 11.9 Å². The summed E-state index contributed by atoms with van der Waals surface area (Å²) in [5.74, 6) is -0.949. The first-order valence-electron chi connectivity index (χ1n) is 7.95. The quantitative estimate of drug-likeness (QED) is 0.529. The van der Waals surface area contributed by atoms with Crippen LogP contribution >= 0.6 is 11.8 Å². The number of hydrogen-bond donors (Lipinski definition) is 2. The summed E-state index contributed by atoms with van der Waals surface area (Å²) in [6.45, 7) is 3.51. The number of H-pyrrole nitrogens is 1. The summed E-state index contributed by atoms with van der Waals surface area (Å²) >= 11 is 1.24. The zero-order chi connectivity index (χ0) is 19.1. The number of esters is 1. The van der Waals surface area contributed by atoms with Crippen LogP contribution in [0.3, 0.4) is 0 Å². The molecule has 0 spiro atoms. The van der Waals surface area contributed by atoms with Gasteiger partial charge in [0.1, 0.15) is 5.69 Å². The van der Waals surface area contributed by atoms with E-state index < -0.39 is 17.5 Å². The number of benzene rings is 1. The van der Waals surface area contributed by atoms with Crippen molar-refractivity contribution >= 4 is 23.7 Å². The lowest BCUT2D eigenvalue weighted by Gasteiger charge is -2.07. The second kappa shape index (κ2) is 9.14. The molecular formula is C17H19N3O5S. The Morgan fingerprint density at radius 3 is 2.73 bits per heavy atom. The molecule has 1 aromatic heterocycles. The number of carboxylic acids is 1. The SMILES string of the molecule is CC(C)OC(=O)CCc1nnc(SCc2cccc(C(=O)O)c2)[nH]c1=O. The number of aromatic carboxylic acids is 1. The average molecular weight is 377 g/mol. The van der Waals surface area contributed by atoms with E-state index in [1.165, 1.54) is 17.8 Å². The fraction of sp³-hybridized carbons (Fsp3) is 0.353. The number of hydrogen-bond acceptors (Lipinski definition) is 7. The van der Waals surface area contributed by atoms with Gasteiger partial charge in [-0.05, 0) is 31.5 Å². The van der Waals surface area contributed by atoms with Crippen molar-refractivity contribution in [1.82, 2.24) is 15.2 Å². The lowest BCUT2D eigenvalue weighted by Crippen LogP contribution is -2.20. The van der Waals surface area contributed by atoms with Gasteiger partial charge in [-0.3, -0.25) is 14.6 Å². The second-order valence-corrected chi connectivity index (χ2v) is 6.70. The minimum absolute atomic E-state index is 0.0599. The first-order chi connectivity index (χ1) is 12.3. The number of aromatic amines is 1. The number of carboxylic acid groups (broad SMARTS) is 1. The largest absolute Gasteiger partial charge is 0.478 e. The van der Waals surface area contributed by atoms with Crippen molar-refractivity contribution in [2.24, 2.45) is 0 Å². The molecule has 0 bridgehead atoms. The van der Waals surface area contributed by atoms with Crippen LogP contribution in [-0.4, -0.2) is 38.3 Å². The number of aryl methyl sites for hydroxylation is 1. The maximum atomic E-state index is 12.0. The van der Waals surface area contributed by atoms with E-state index in [1.54, 1.807) is 32.0 Å². The Balaban J connectivity index is 1.95. The molecule has 2 aromatic rings. The summed E-state index contributed by atoms with van der Waals surface area (Å²) in [6.07, 6.45) is 0.00875. The molecule has 2 rings (SSSR count). The van der Waals surface area contributed by atoms with Gasteiger partial charge in [0.05, 0.1) is 18.1 Å². The molecule has 0 unspecified atom stereocenters. The third kappa shape index (κ3) is 5.99. The van der Waals surface area contributed by atoms with Gasteiger partial charge in [0, 0.05) is 12.2 Å². The van der Waals surface area contributed by atoms with Crippen molar-refractivity contribution in [1.29, 1.82) is 0 Å². The Morgan fingerprint density at radius 2 is 2.08 bits per heavy atom. The van der Waals surface area contributed by atoms with Gasteiger partial charge in [-0.1, -0.05) is 23.9 Å². The normalized spacial score (nSPS) is 10.7. The van der Waals surface area contributed by atoms with Crippen molar-refractivity contribution in [2.75, 3.05) is 0 Å². The zero-order valence-corrected chi connectivity index (χ0v) is 15.2. The summed E-state index contributed by atoms with van der Waals surface area (Å²) in [5.41, 5.74) is 0.756. The minimum Gasteiger partial charge on any atom is -0.478 e. The van der Waals surface area contributed by atoms with Gasteiger partial charge in [0.25, 0.3) is 5.56 Å². The van der Waals surface area contributed by atoms with Crippen LogP contribution in [0.25, 0.3) is 0 Å². The van der Waals surface area contributed by atoms with Gasteiger partial charge in [-0.25, -0.2) is 4.79 Å². The van der Waals surface area contributed by atoms with Crippen LogP contribution < -0.4 is 5.56 Å². The number of nitrogens with zero attached hydrogens (tertiary/aromatic N) is 2. The lowest BCUT2D eigenvalue weighted by atomic mass is 10.1. The minimum atomic E-state index is -0.995. The molecule has 0 amide bonds. The van der Waals surface area contributed by atoms with Gasteiger partial charge in [-0.2, -0.15) is 0 Å². The van der Waals surface area contributed by atoms with Crippen LogP contribution in [0.4, 0.5) is 0 Å². The highest BCUT2D eigenvalue weighted by Crippen LogP contribution is 2.18. The van der Waals surface area contributed by atoms with Crippen LogP contribution in [0.15, 0.2) is 34.2 Å². The van der Waals surface area contributed by atoms with E-state index in [-0.39, 0.29) is 30.2 Å². The Bertz CT molecular complexity index is 850. The Labute approximate surface area is 154 Å². The maximum Gasteiger partial charge on any atom is 0.335 e. The summed E-state index contributed by atoms with van der Waals surface area (Å²) in [6, 6.07) is 6.53. The molecule has 0 atom stereocenters. The van der Waals surface area contributed by atoms with E-state index in [9.17, 15) is 14.4 Å². The fourth-order valence-corrected chi connectivity index (χ4v) is 2.81. The maximum absolute atomic E-state index is 12.0. The van der Waals surface area contributed by atoms with Crippen molar-refractivity contribution < 1.29 is 19.4 Å². The molecule has 0 fully saturated rings. The third-order valence-electron chi connectivity index (χ3n) is 3.23. The number of thioether (sulfide) groups is 1. The number of ether oxygens (including phenoxy) is 1. The average Bonchev–Trinajstić information content (AvgIpc) is 2.58. The standard InChI is InChI=1S/C17H19N3O5S/c1-10(2)25-14(21)7-6-13-15(22)18-17(20-19-13)26-9-11-4-3-5-12(8-11)16(23)24/h3-5,8,10H,6-7,9H2,1-2H3,(H,23,24)(H,18,20,22). The number of rotatable bonds is 8. The molecule has 8 nitrogen and oxygen atoms in total. The van der Waals surface area contributed by atoms with Crippen LogP contribution in [0.2, 0.25) is 0 Å². The van der Waals surface area contributed by atoms with Crippen molar-refractivity contribution in [3.63, 3.8) is 0 Å². The predicted molar refractivity (Wildman–Crippen MR) is 95.2 cm³/mol. The molecule has 26 heavy (non-hydrogen) atoms. The summed E-state index contributed by atoms with van der Waals surface area (Å²) in [4.78, 5) is 37.1. The van der Waals surface area contributed by atoms with E-state index in [0.717, 1.165) is 5.56 Å². The Morgan fingerprint density at radius 1 is 1.31 bits per heavy atom. The predicted octanol–water partition coefficient (Wildman–Crippen LogP) is 2.04. The van der Waals surface area contributed by atoms with E-state index in [2.05, 4.69) is 15.2 Å². The zero-order valence-electron chi connectivity index (χ0n) is 14.4. The number of aromatic nitrogens is 3. The molecule has 0 saturated carbocycles. The highest BCUT2D eigenvalue weighted by atomic mass is 32.2. The van der Waals surface area contributed by atoms with E-state index >= 15 is 0 Å². The molecule has 0 saturated heterocycles. The van der Waals surface area contributed by atoms with E-state index in [1.807, 2.05) is 0 Å². The summed E-state index contributed by atoms with van der Waals surface area (Å²) in [5, 5.41) is 17.1. The molecule has 0 aliphatic heterocycles. The lowest BCUT2D eigenvalue weighted by molar-refractivity contribution is -0.147. The van der Waals surface area contributed by atoms with Crippen LogP contribution in [0, 0.1) is 0 Å². The highest BCUT2D eigenvalue weighted by molar-refractivity contribution is 7.98. The van der Waals surface area contributed by atoms with Gasteiger partial charge in [0.2, 0.25) is 0 Å². The monoisotopic (exact) mass is 377 g/mol. The highest BCUT2D eigenvalue weighted by Gasteiger charge is 2.11. The van der Waals surface area contributed by atoms with Crippen LogP contribution in [0.1, 0.15) is 41.9 Å². The van der Waals surface area contributed by atoms with E-state index in [0.29, 0.717) is 10.9 Å². The first-order valence-corrected chi connectivity index (χ1v) is 8.94. The Kier molecular flexibility index (Phi) is 6.90. The summed E-state index contributed by atoms with van der Waals surface area (Å²) in [7, 11) is 0. The van der Waals surface area contributed by atoms with Gasteiger partial charge in [0.15, 0.2) is 5.16 Å². The molecule has 1 heterocycles. The van der Waals surface area contributed by atoms with Crippen molar-refractivity contribution in [2.45, 2.75) is 43.7 Å². The number of carbonyl (C=O) groups is 2. The molecule has 0 aliphatic carbocycles. The molecule has 2 N–H and O–H groups in total. The summed E-state index contributed by atoms with van der Waals surface area (Å²) < 4.78 is 5.00. The number of nitrogens with one attached hydrogen (secondary N) is 1. The molecule has 0 aliphatic rings. The fourth-order valence-electron chi connectivity index (χ4n) is 2.06. The first kappa shape index (κ1) is 19.6. The topological polar surface area (TPSA) is 122 Å².